The standard InChI is InChI=1S/C8H11N3O5S/c12-2-3-5(14)6(15)7(16-3)11-8(17)10-4(13)1-9-11/h1,3,5-7,12,14-15H,2H2,(H,10,13,17)/t3-,5-,6-,7-/m0/s1. The van der Waals surface area contributed by atoms with Gasteiger partial charge in [-0.25, -0.2) is 4.68 Å². The molecule has 8 nitrogen and oxygen atoms in total. The molecule has 0 unspecified atom stereocenters. The van der Waals surface area contributed by atoms with Crippen LogP contribution in [0, 0.1) is 4.77 Å². The van der Waals surface area contributed by atoms with Crippen LogP contribution in [0.25, 0.3) is 0 Å². The number of aliphatic hydroxyl groups excluding tert-OH is 3. The number of aromatic nitrogens is 3. The summed E-state index contributed by atoms with van der Waals surface area (Å²) >= 11 is 4.85. The SMILES string of the molecule is O=c1cnn([C@H]2O[C@@H](CO)[C@H](O)[C@@H]2O)c(=S)[nH]1. The molecule has 9 heteroatoms. The van der Waals surface area contributed by atoms with Crippen molar-refractivity contribution in [3.05, 3.63) is 21.3 Å². The fourth-order valence-electron chi connectivity index (χ4n) is 1.63. The summed E-state index contributed by atoms with van der Waals surface area (Å²) in [6, 6.07) is 0. The molecular weight excluding hydrogens is 250 g/mol. The summed E-state index contributed by atoms with van der Waals surface area (Å²) in [5.74, 6) is 0. The Morgan fingerprint density at radius 1 is 1.53 bits per heavy atom. The van der Waals surface area contributed by atoms with Crippen molar-refractivity contribution in [1.29, 1.82) is 0 Å². The lowest BCUT2D eigenvalue weighted by molar-refractivity contribution is -0.0607. The zero-order chi connectivity index (χ0) is 12.6. The number of nitrogens with zero attached hydrogens (tertiary/aromatic N) is 2. The fraction of sp³-hybridized carbons (Fsp3) is 0.625. The number of rotatable bonds is 2. The van der Waals surface area contributed by atoms with Crippen molar-refractivity contribution in [1.82, 2.24) is 14.8 Å². The van der Waals surface area contributed by atoms with Crippen LogP contribution in [0.3, 0.4) is 0 Å². The van der Waals surface area contributed by atoms with Crippen LogP contribution < -0.4 is 5.56 Å². The fourth-order valence-corrected chi connectivity index (χ4v) is 1.88. The molecule has 17 heavy (non-hydrogen) atoms. The number of hydrogen-bond donors (Lipinski definition) is 4. The minimum atomic E-state index is -1.28. The number of hydrogen-bond acceptors (Lipinski definition) is 7. The Labute approximate surface area is 100 Å². The summed E-state index contributed by atoms with van der Waals surface area (Å²) in [4.78, 5) is 13.2. The number of H-pyrrole nitrogens is 1. The lowest BCUT2D eigenvalue weighted by Gasteiger charge is -2.16. The molecule has 1 aromatic heterocycles. The van der Waals surface area contributed by atoms with Crippen LogP contribution in [-0.2, 0) is 4.74 Å². The second kappa shape index (κ2) is 4.63. The first-order chi connectivity index (χ1) is 8.04. The van der Waals surface area contributed by atoms with Crippen LogP contribution in [0.1, 0.15) is 6.23 Å². The summed E-state index contributed by atoms with van der Waals surface area (Å²) in [7, 11) is 0. The summed E-state index contributed by atoms with van der Waals surface area (Å²) in [6.45, 7) is -0.439. The molecule has 1 fully saturated rings. The topological polar surface area (TPSA) is 121 Å². The van der Waals surface area contributed by atoms with Crippen molar-refractivity contribution in [2.45, 2.75) is 24.5 Å². The van der Waals surface area contributed by atoms with Gasteiger partial charge in [0.25, 0.3) is 5.56 Å². The third kappa shape index (κ3) is 2.15. The summed E-state index contributed by atoms with van der Waals surface area (Å²) in [5, 5.41) is 31.9. The van der Waals surface area contributed by atoms with E-state index in [2.05, 4.69) is 10.1 Å². The third-order valence-electron chi connectivity index (χ3n) is 2.50. The molecule has 4 atom stereocenters. The molecule has 1 saturated heterocycles. The van der Waals surface area contributed by atoms with Gasteiger partial charge in [0.2, 0.25) is 0 Å². The Balaban J connectivity index is 2.35. The van der Waals surface area contributed by atoms with Crippen molar-refractivity contribution < 1.29 is 20.1 Å². The van der Waals surface area contributed by atoms with E-state index in [9.17, 15) is 15.0 Å². The Morgan fingerprint density at radius 2 is 2.24 bits per heavy atom. The first kappa shape index (κ1) is 12.3. The van der Waals surface area contributed by atoms with Crippen LogP contribution in [-0.4, -0.2) is 55.0 Å². The van der Waals surface area contributed by atoms with E-state index in [1.54, 1.807) is 0 Å². The number of aliphatic hydroxyl groups is 3. The quantitative estimate of drug-likeness (QED) is 0.450. The molecule has 1 aliphatic rings. The molecule has 0 spiro atoms. The zero-order valence-corrected chi connectivity index (χ0v) is 9.37. The average molecular weight is 261 g/mol. The Kier molecular flexibility index (Phi) is 3.35. The van der Waals surface area contributed by atoms with E-state index in [1.807, 2.05) is 0 Å². The summed E-state index contributed by atoms with van der Waals surface area (Å²) in [6.07, 6.45) is -3.49. The first-order valence-electron chi connectivity index (χ1n) is 4.85. The van der Waals surface area contributed by atoms with Gasteiger partial charge in [0.15, 0.2) is 11.0 Å². The van der Waals surface area contributed by atoms with E-state index in [0.717, 1.165) is 10.9 Å². The summed E-state index contributed by atoms with van der Waals surface area (Å²) in [5.41, 5.74) is -0.474. The van der Waals surface area contributed by atoms with Gasteiger partial charge in [0.05, 0.1) is 6.61 Å². The molecule has 0 radical (unpaired) electrons. The Bertz CT molecular complexity index is 514. The number of aromatic amines is 1. The van der Waals surface area contributed by atoms with E-state index < -0.39 is 36.7 Å². The second-order valence-corrected chi connectivity index (χ2v) is 4.00. The normalized spacial score (nSPS) is 32.9. The minimum Gasteiger partial charge on any atom is -0.394 e. The number of nitrogens with one attached hydrogen (secondary N) is 1. The van der Waals surface area contributed by atoms with Gasteiger partial charge in [0, 0.05) is 0 Å². The molecule has 0 aliphatic carbocycles. The molecule has 0 bridgehead atoms. The van der Waals surface area contributed by atoms with Gasteiger partial charge >= 0.3 is 0 Å². The lowest BCUT2D eigenvalue weighted by Crippen LogP contribution is -2.33. The van der Waals surface area contributed by atoms with Crippen LogP contribution in [0.5, 0.6) is 0 Å². The number of ether oxygens (including phenoxy) is 1. The highest BCUT2D eigenvalue weighted by atomic mass is 32.1. The van der Waals surface area contributed by atoms with Gasteiger partial charge in [-0.15, -0.1) is 0 Å². The highest BCUT2D eigenvalue weighted by Crippen LogP contribution is 2.28. The predicted molar refractivity (Wildman–Crippen MR) is 56.7 cm³/mol. The molecule has 2 heterocycles. The van der Waals surface area contributed by atoms with E-state index >= 15 is 0 Å². The molecule has 4 N–H and O–H groups in total. The third-order valence-corrected chi connectivity index (χ3v) is 2.78. The Morgan fingerprint density at radius 3 is 2.76 bits per heavy atom. The second-order valence-electron chi connectivity index (χ2n) is 3.61. The van der Waals surface area contributed by atoms with Gasteiger partial charge in [-0.05, 0) is 12.2 Å². The zero-order valence-electron chi connectivity index (χ0n) is 8.55. The van der Waals surface area contributed by atoms with Gasteiger partial charge in [-0.3, -0.25) is 9.78 Å². The molecular formula is C8H11N3O5S. The van der Waals surface area contributed by atoms with Crippen LogP contribution in [0.15, 0.2) is 11.0 Å². The van der Waals surface area contributed by atoms with Crippen molar-refractivity contribution in [2.75, 3.05) is 6.61 Å². The highest BCUT2D eigenvalue weighted by Gasteiger charge is 2.43. The maximum Gasteiger partial charge on any atom is 0.270 e. The van der Waals surface area contributed by atoms with Gasteiger partial charge < -0.3 is 20.1 Å². The minimum absolute atomic E-state index is 0.0349. The smallest absolute Gasteiger partial charge is 0.270 e. The maximum absolute atomic E-state index is 10.9. The van der Waals surface area contributed by atoms with E-state index in [1.165, 1.54) is 0 Å². The lowest BCUT2D eigenvalue weighted by atomic mass is 10.1. The predicted octanol–water partition coefficient (Wildman–Crippen LogP) is -2.09. The monoisotopic (exact) mass is 261 g/mol. The van der Waals surface area contributed by atoms with Crippen molar-refractivity contribution in [3.63, 3.8) is 0 Å². The van der Waals surface area contributed by atoms with E-state index in [-0.39, 0.29) is 4.77 Å². The molecule has 1 aromatic rings. The molecule has 0 aromatic carbocycles. The van der Waals surface area contributed by atoms with Gasteiger partial charge in [0.1, 0.15) is 24.5 Å². The van der Waals surface area contributed by atoms with Crippen molar-refractivity contribution in [2.24, 2.45) is 0 Å². The van der Waals surface area contributed by atoms with Crippen molar-refractivity contribution >= 4 is 12.2 Å². The molecule has 1 aliphatic heterocycles. The molecule has 2 rings (SSSR count). The first-order valence-corrected chi connectivity index (χ1v) is 5.26. The Hall–Kier alpha value is -1.13. The maximum atomic E-state index is 10.9. The largest absolute Gasteiger partial charge is 0.394 e. The summed E-state index contributed by atoms with van der Waals surface area (Å²) < 4.78 is 6.24. The van der Waals surface area contributed by atoms with Gasteiger partial charge in [-0.2, -0.15) is 5.10 Å². The molecule has 0 amide bonds. The van der Waals surface area contributed by atoms with Crippen LogP contribution in [0.4, 0.5) is 0 Å². The van der Waals surface area contributed by atoms with Crippen LogP contribution in [0.2, 0.25) is 0 Å². The van der Waals surface area contributed by atoms with E-state index in [4.69, 9.17) is 22.1 Å². The van der Waals surface area contributed by atoms with E-state index in [0.29, 0.717) is 0 Å². The van der Waals surface area contributed by atoms with Gasteiger partial charge in [-0.1, -0.05) is 0 Å². The van der Waals surface area contributed by atoms with Crippen LogP contribution >= 0.6 is 12.2 Å². The molecule has 94 valence electrons. The average Bonchev–Trinajstić information content (AvgIpc) is 2.57. The highest BCUT2D eigenvalue weighted by molar-refractivity contribution is 7.71. The molecule has 0 saturated carbocycles. The van der Waals surface area contributed by atoms with Crippen molar-refractivity contribution in [3.8, 4) is 0 Å².